The van der Waals surface area contributed by atoms with Crippen molar-refractivity contribution < 1.29 is 9.90 Å². The van der Waals surface area contributed by atoms with Gasteiger partial charge in [0.25, 0.3) is 0 Å². The van der Waals surface area contributed by atoms with Crippen molar-refractivity contribution in [3.8, 4) is 5.75 Å². The molecule has 0 bridgehead atoms. The molecule has 168 valence electrons. The standard InChI is InChI=1S/C26H37N3O2/c1-20-17-23(30)18-21(2)24(20)19-25(27)26(31)29-15-13-28(14-16-29)12-8-4-7-11-22-9-5-3-6-10-22/h3,5-6,9-10,17-18,25,30H,4,7-8,11-16,19,27H2,1-2H3/t25-/m0/s1. The number of hydrogen-bond acceptors (Lipinski definition) is 4. The smallest absolute Gasteiger partial charge is 0.239 e. The van der Waals surface area contributed by atoms with Gasteiger partial charge in [-0.05, 0) is 80.5 Å². The molecule has 31 heavy (non-hydrogen) atoms. The zero-order chi connectivity index (χ0) is 22.2. The van der Waals surface area contributed by atoms with Gasteiger partial charge in [-0.3, -0.25) is 9.69 Å². The number of nitrogens with two attached hydrogens (primary N) is 1. The predicted octanol–water partition coefficient (Wildman–Crippen LogP) is 3.44. The number of piperazine rings is 1. The topological polar surface area (TPSA) is 69.8 Å². The van der Waals surface area contributed by atoms with Gasteiger partial charge in [0.1, 0.15) is 5.75 Å². The van der Waals surface area contributed by atoms with Crippen molar-refractivity contribution in [2.24, 2.45) is 5.73 Å². The molecular weight excluding hydrogens is 386 g/mol. The Hall–Kier alpha value is -2.37. The van der Waals surface area contributed by atoms with Gasteiger partial charge >= 0.3 is 0 Å². The van der Waals surface area contributed by atoms with E-state index in [-0.39, 0.29) is 11.7 Å². The first-order valence-corrected chi connectivity index (χ1v) is 11.5. The van der Waals surface area contributed by atoms with Crippen LogP contribution in [0.25, 0.3) is 0 Å². The lowest BCUT2D eigenvalue weighted by Gasteiger charge is -2.36. The highest BCUT2D eigenvalue weighted by Gasteiger charge is 2.26. The number of carbonyl (C=O) groups excluding carboxylic acids is 1. The molecule has 0 saturated carbocycles. The predicted molar refractivity (Wildman–Crippen MR) is 126 cm³/mol. The van der Waals surface area contributed by atoms with E-state index in [2.05, 4.69) is 35.2 Å². The maximum atomic E-state index is 12.9. The molecule has 3 N–H and O–H groups in total. The molecule has 1 fully saturated rings. The van der Waals surface area contributed by atoms with Crippen LogP contribution in [0.5, 0.6) is 5.75 Å². The van der Waals surface area contributed by atoms with Gasteiger partial charge in [0.15, 0.2) is 0 Å². The van der Waals surface area contributed by atoms with Crippen molar-refractivity contribution in [1.82, 2.24) is 9.80 Å². The van der Waals surface area contributed by atoms with E-state index in [1.807, 2.05) is 18.7 Å². The molecule has 1 atom stereocenters. The second-order valence-electron chi connectivity index (χ2n) is 8.83. The van der Waals surface area contributed by atoms with Crippen LogP contribution < -0.4 is 5.73 Å². The number of amides is 1. The summed E-state index contributed by atoms with van der Waals surface area (Å²) in [6, 6.07) is 13.6. The van der Waals surface area contributed by atoms with Gasteiger partial charge in [-0.15, -0.1) is 0 Å². The second-order valence-corrected chi connectivity index (χ2v) is 8.83. The molecule has 0 spiro atoms. The maximum absolute atomic E-state index is 12.9. The molecule has 2 aromatic carbocycles. The molecule has 0 unspecified atom stereocenters. The summed E-state index contributed by atoms with van der Waals surface area (Å²) in [6.45, 7) is 8.38. The molecule has 1 saturated heterocycles. The highest BCUT2D eigenvalue weighted by molar-refractivity contribution is 5.82. The molecule has 5 heteroatoms. The molecule has 1 aliphatic heterocycles. The number of phenols is 1. The summed E-state index contributed by atoms with van der Waals surface area (Å²) in [7, 11) is 0. The van der Waals surface area contributed by atoms with Crippen molar-refractivity contribution in [3.05, 3.63) is 64.7 Å². The van der Waals surface area contributed by atoms with E-state index in [0.29, 0.717) is 6.42 Å². The van der Waals surface area contributed by atoms with Crippen LogP contribution in [-0.2, 0) is 17.6 Å². The van der Waals surface area contributed by atoms with E-state index in [1.165, 1.54) is 24.8 Å². The fraction of sp³-hybridized carbons (Fsp3) is 0.500. The Bertz CT molecular complexity index is 822. The Balaban J connectivity index is 1.36. The largest absolute Gasteiger partial charge is 0.508 e. The Morgan fingerprint density at radius 1 is 1.00 bits per heavy atom. The third kappa shape index (κ3) is 6.81. The van der Waals surface area contributed by atoms with Crippen LogP contribution in [0.4, 0.5) is 0 Å². The third-order valence-corrected chi connectivity index (χ3v) is 6.39. The van der Waals surface area contributed by atoms with Crippen LogP contribution in [-0.4, -0.2) is 59.6 Å². The Morgan fingerprint density at radius 2 is 1.65 bits per heavy atom. The first-order chi connectivity index (χ1) is 14.9. The van der Waals surface area contributed by atoms with Gasteiger partial charge in [-0.25, -0.2) is 0 Å². The van der Waals surface area contributed by atoms with Crippen LogP contribution >= 0.6 is 0 Å². The maximum Gasteiger partial charge on any atom is 0.239 e. The average Bonchev–Trinajstić information content (AvgIpc) is 2.76. The highest BCUT2D eigenvalue weighted by atomic mass is 16.3. The van der Waals surface area contributed by atoms with Crippen LogP contribution in [0, 0.1) is 13.8 Å². The van der Waals surface area contributed by atoms with E-state index >= 15 is 0 Å². The summed E-state index contributed by atoms with van der Waals surface area (Å²) in [6.07, 6.45) is 5.34. The van der Waals surface area contributed by atoms with Gasteiger partial charge in [-0.2, -0.15) is 0 Å². The molecule has 1 heterocycles. The fourth-order valence-corrected chi connectivity index (χ4v) is 4.51. The number of aryl methyl sites for hydroxylation is 3. The molecule has 0 radical (unpaired) electrons. The molecule has 0 aromatic heterocycles. The summed E-state index contributed by atoms with van der Waals surface area (Å²) in [5.74, 6) is 0.296. The van der Waals surface area contributed by atoms with Gasteiger partial charge < -0.3 is 15.7 Å². The van der Waals surface area contributed by atoms with Crippen molar-refractivity contribution in [1.29, 1.82) is 0 Å². The lowest BCUT2D eigenvalue weighted by molar-refractivity contribution is -0.134. The van der Waals surface area contributed by atoms with E-state index in [4.69, 9.17) is 5.73 Å². The molecule has 5 nitrogen and oxygen atoms in total. The minimum Gasteiger partial charge on any atom is -0.508 e. The number of aromatic hydroxyl groups is 1. The highest BCUT2D eigenvalue weighted by Crippen LogP contribution is 2.22. The van der Waals surface area contributed by atoms with E-state index in [1.54, 1.807) is 12.1 Å². The average molecular weight is 424 g/mol. The Labute approximate surface area is 186 Å². The normalized spacial score (nSPS) is 15.8. The molecule has 2 aromatic rings. The number of hydrogen-bond donors (Lipinski definition) is 2. The van der Waals surface area contributed by atoms with Crippen molar-refractivity contribution >= 4 is 5.91 Å². The lowest BCUT2D eigenvalue weighted by Crippen LogP contribution is -2.53. The minimum absolute atomic E-state index is 0.0365. The fourth-order valence-electron chi connectivity index (χ4n) is 4.51. The van der Waals surface area contributed by atoms with Crippen LogP contribution in [0.2, 0.25) is 0 Å². The molecule has 3 rings (SSSR count). The summed E-state index contributed by atoms with van der Waals surface area (Å²) in [5.41, 5.74) is 10.7. The van der Waals surface area contributed by atoms with Crippen LogP contribution in [0.1, 0.15) is 41.5 Å². The number of carbonyl (C=O) groups is 1. The van der Waals surface area contributed by atoms with Crippen LogP contribution in [0.3, 0.4) is 0 Å². The van der Waals surface area contributed by atoms with Gasteiger partial charge in [0.2, 0.25) is 5.91 Å². The van der Waals surface area contributed by atoms with E-state index in [0.717, 1.165) is 55.8 Å². The van der Waals surface area contributed by atoms with E-state index in [9.17, 15) is 9.90 Å². The molecule has 1 amide bonds. The zero-order valence-electron chi connectivity index (χ0n) is 19.0. The SMILES string of the molecule is Cc1cc(O)cc(C)c1C[C@H](N)C(=O)N1CCN(CCCCCc2ccccc2)CC1. The van der Waals surface area contributed by atoms with Crippen LogP contribution in [0.15, 0.2) is 42.5 Å². The quantitative estimate of drug-likeness (QED) is 0.606. The molecule has 1 aliphatic rings. The second kappa shape index (κ2) is 11.3. The molecular formula is C26H37N3O2. The summed E-state index contributed by atoms with van der Waals surface area (Å²) >= 11 is 0. The lowest BCUT2D eigenvalue weighted by atomic mass is 9.95. The van der Waals surface area contributed by atoms with Crippen molar-refractivity contribution in [2.45, 2.75) is 52.0 Å². The summed E-state index contributed by atoms with van der Waals surface area (Å²) in [4.78, 5) is 17.2. The molecule has 0 aliphatic carbocycles. The number of benzene rings is 2. The van der Waals surface area contributed by atoms with Crippen molar-refractivity contribution in [3.63, 3.8) is 0 Å². The van der Waals surface area contributed by atoms with Gasteiger partial charge in [0.05, 0.1) is 6.04 Å². The summed E-state index contributed by atoms with van der Waals surface area (Å²) in [5, 5.41) is 9.72. The zero-order valence-corrected chi connectivity index (χ0v) is 19.0. The Morgan fingerprint density at radius 3 is 2.29 bits per heavy atom. The monoisotopic (exact) mass is 423 g/mol. The first-order valence-electron chi connectivity index (χ1n) is 11.5. The number of phenolic OH excluding ortho intramolecular Hbond substituents is 1. The van der Waals surface area contributed by atoms with E-state index < -0.39 is 6.04 Å². The minimum atomic E-state index is -0.536. The van der Waals surface area contributed by atoms with Crippen molar-refractivity contribution in [2.75, 3.05) is 32.7 Å². The summed E-state index contributed by atoms with van der Waals surface area (Å²) < 4.78 is 0. The number of rotatable bonds is 9. The third-order valence-electron chi connectivity index (χ3n) is 6.39. The van der Waals surface area contributed by atoms with Gasteiger partial charge in [-0.1, -0.05) is 36.8 Å². The van der Waals surface area contributed by atoms with Gasteiger partial charge in [0, 0.05) is 26.2 Å². The number of unbranched alkanes of at least 4 members (excludes halogenated alkanes) is 2. The number of nitrogens with zero attached hydrogens (tertiary/aromatic N) is 2. The first kappa shape index (κ1) is 23.3. The Kier molecular flexibility index (Phi) is 8.50.